The number of anilines is 4. The van der Waals surface area contributed by atoms with Crippen LogP contribution in [-0.4, -0.2) is 111 Å². The first-order chi connectivity index (χ1) is 33.0. The molecule has 1 aliphatic heterocycles. The van der Waals surface area contributed by atoms with Gasteiger partial charge in [-0.1, -0.05) is 13.3 Å². The highest BCUT2D eigenvalue weighted by atomic mass is 16.5. The number of ether oxygens (including phenoxy) is 4. The highest BCUT2D eigenvalue weighted by molar-refractivity contribution is 5.84. The molecule has 1 aliphatic rings. The highest BCUT2D eigenvalue weighted by Crippen LogP contribution is 2.36. The molecule has 0 spiro atoms. The second-order valence-corrected chi connectivity index (χ2v) is 16.6. The predicted molar refractivity (Wildman–Crippen MR) is 265 cm³/mol. The van der Waals surface area contributed by atoms with E-state index in [-0.39, 0.29) is 11.9 Å². The minimum absolute atomic E-state index is 0.241. The number of carbonyl (C=O) groups excluding carboxylic acids is 1. The van der Waals surface area contributed by atoms with Crippen molar-refractivity contribution in [1.82, 2.24) is 44.4 Å². The molecule has 4 aromatic heterocycles. The standard InChI is InChI=1S/C28H33N7O3.C23H25N5O2/c1-33-18-19(16-31-33)26-17-30-24-8-7-20(14-25(24)32-26)35(21-12-22(37-2)15-23(13-21)38-3)11-10-34-9-5-4-6-27(34)28(29)36;1-5-8-28(18-9-19(29-3)12-20(10-18)30-4)17-6-7-21-22(11-17)26-23(14-24-21)16-13-25-27(2)15-16/h7-8,12-18,27H,4-6,9-11H2,1-3H3,(H2,29,36);6-7,9-15H,5,8H2,1-4H3. The van der Waals surface area contributed by atoms with E-state index in [1.807, 2.05) is 87.2 Å². The molecule has 9 rings (SSSR count). The van der Waals surface area contributed by atoms with Crippen LogP contribution in [0.25, 0.3) is 44.6 Å². The Balaban J connectivity index is 0.000000189. The number of hydrogen-bond acceptors (Lipinski definition) is 14. The van der Waals surface area contributed by atoms with Gasteiger partial charge in [0.2, 0.25) is 5.91 Å². The zero-order valence-electron chi connectivity index (χ0n) is 39.7. The van der Waals surface area contributed by atoms with Crippen LogP contribution in [0.2, 0.25) is 0 Å². The first-order valence-electron chi connectivity index (χ1n) is 22.6. The molecule has 5 heterocycles. The number of hydrogen-bond donors (Lipinski definition) is 1. The van der Waals surface area contributed by atoms with E-state index < -0.39 is 0 Å². The van der Waals surface area contributed by atoms with Gasteiger partial charge in [0.25, 0.3) is 0 Å². The predicted octanol–water partition coefficient (Wildman–Crippen LogP) is 8.12. The summed E-state index contributed by atoms with van der Waals surface area (Å²) >= 11 is 0. The summed E-state index contributed by atoms with van der Waals surface area (Å²) in [6.45, 7) is 5.15. The third-order valence-corrected chi connectivity index (χ3v) is 12.0. The lowest BCUT2D eigenvalue weighted by Crippen LogP contribution is -2.49. The Kier molecular flexibility index (Phi) is 14.6. The lowest BCUT2D eigenvalue weighted by molar-refractivity contribution is -0.124. The topological polar surface area (TPSA) is 177 Å². The highest BCUT2D eigenvalue weighted by Gasteiger charge is 2.27. The van der Waals surface area contributed by atoms with Crippen molar-refractivity contribution in [3.8, 4) is 45.5 Å². The fraction of sp³-hybridized carbons (Fsp3) is 0.314. The van der Waals surface area contributed by atoms with Crippen LogP contribution in [0, 0.1) is 0 Å². The quantitative estimate of drug-likeness (QED) is 0.0983. The number of primary amides is 1. The number of piperidine rings is 1. The normalized spacial score (nSPS) is 13.7. The van der Waals surface area contributed by atoms with Crippen molar-refractivity contribution in [3.63, 3.8) is 0 Å². The number of nitrogens with zero attached hydrogens (tertiary/aromatic N) is 11. The third-order valence-electron chi connectivity index (χ3n) is 12.0. The molecule has 1 fully saturated rings. The number of aryl methyl sites for hydroxylation is 2. The van der Waals surface area contributed by atoms with Gasteiger partial charge in [-0.25, -0.2) is 9.97 Å². The zero-order valence-corrected chi connectivity index (χ0v) is 39.7. The number of fused-ring (bicyclic) bond motifs is 2. The summed E-state index contributed by atoms with van der Waals surface area (Å²) in [5, 5.41) is 8.49. The minimum Gasteiger partial charge on any atom is -0.497 e. The van der Waals surface area contributed by atoms with Crippen LogP contribution in [0.1, 0.15) is 32.6 Å². The van der Waals surface area contributed by atoms with Gasteiger partial charge >= 0.3 is 0 Å². The first kappa shape index (κ1) is 46.7. The van der Waals surface area contributed by atoms with Crippen molar-refractivity contribution in [3.05, 3.63) is 110 Å². The van der Waals surface area contributed by atoms with Crippen molar-refractivity contribution < 1.29 is 23.7 Å². The van der Waals surface area contributed by atoms with Crippen LogP contribution < -0.4 is 34.5 Å². The second-order valence-electron chi connectivity index (χ2n) is 16.6. The summed E-state index contributed by atoms with van der Waals surface area (Å²) in [4.78, 5) is 37.7. The maximum Gasteiger partial charge on any atom is 0.234 e. The van der Waals surface area contributed by atoms with Gasteiger partial charge in [0, 0.05) is 116 Å². The third kappa shape index (κ3) is 10.7. The van der Waals surface area contributed by atoms with Crippen molar-refractivity contribution in [2.45, 2.75) is 38.6 Å². The number of aromatic nitrogens is 8. The summed E-state index contributed by atoms with van der Waals surface area (Å²) in [6, 6.07) is 23.7. The second kappa shape index (κ2) is 21.2. The zero-order chi connectivity index (χ0) is 47.7. The molecule has 0 saturated carbocycles. The maximum atomic E-state index is 12.1. The summed E-state index contributed by atoms with van der Waals surface area (Å²) in [5.74, 6) is 2.63. The Hall–Kier alpha value is -7.79. The molecule has 1 unspecified atom stereocenters. The lowest BCUT2D eigenvalue weighted by Gasteiger charge is -2.36. The molecule has 2 N–H and O–H groups in total. The first-order valence-corrected chi connectivity index (χ1v) is 22.6. The van der Waals surface area contributed by atoms with E-state index in [2.05, 4.69) is 53.9 Å². The van der Waals surface area contributed by atoms with Crippen LogP contribution in [0.5, 0.6) is 23.0 Å². The number of rotatable bonds is 16. The van der Waals surface area contributed by atoms with E-state index in [9.17, 15) is 4.79 Å². The molecule has 0 radical (unpaired) electrons. The summed E-state index contributed by atoms with van der Waals surface area (Å²) in [6.07, 6.45) is 14.8. The number of methoxy groups -OCH3 is 4. The molecule has 352 valence electrons. The Labute approximate surface area is 396 Å². The Morgan fingerprint density at radius 2 is 1.09 bits per heavy atom. The molecule has 8 aromatic rings. The van der Waals surface area contributed by atoms with Crippen LogP contribution in [0.15, 0.2) is 110 Å². The van der Waals surface area contributed by atoms with Crippen LogP contribution in [-0.2, 0) is 18.9 Å². The minimum atomic E-state index is -0.261. The lowest BCUT2D eigenvalue weighted by atomic mass is 10.0. The maximum absolute atomic E-state index is 12.1. The van der Waals surface area contributed by atoms with Crippen molar-refractivity contribution in [2.24, 2.45) is 19.8 Å². The van der Waals surface area contributed by atoms with E-state index in [1.54, 1.807) is 62.6 Å². The van der Waals surface area contributed by atoms with E-state index in [1.165, 1.54) is 0 Å². The van der Waals surface area contributed by atoms with Gasteiger partial charge in [0.1, 0.15) is 23.0 Å². The van der Waals surface area contributed by atoms with Crippen LogP contribution >= 0.6 is 0 Å². The van der Waals surface area contributed by atoms with Crippen LogP contribution in [0.3, 0.4) is 0 Å². The van der Waals surface area contributed by atoms with Gasteiger partial charge in [0.15, 0.2) is 0 Å². The SMILES string of the molecule is CCCN(c1cc(OC)cc(OC)c1)c1ccc2ncc(-c3cnn(C)c3)nc2c1.COc1cc(OC)cc(N(CCN2CCCCC2C(N)=O)c2ccc3ncc(-c4cnn(C)c4)nc3c2)c1. The van der Waals surface area contributed by atoms with E-state index in [0.29, 0.717) is 24.6 Å². The van der Waals surface area contributed by atoms with Gasteiger partial charge in [-0.2, -0.15) is 10.2 Å². The van der Waals surface area contributed by atoms with E-state index in [4.69, 9.17) is 34.6 Å². The summed E-state index contributed by atoms with van der Waals surface area (Å²) < 4.78 is 25.5. The van der Waals surface area contributed by atoms with E-state index in [0.717, 1.165) is 118 Å². The molecule has 0 bridgehead atoms. The van der Waals surface area contributed by atoms with Crippen molar-refractivity contribution in [2.75, 3.05) is 64.4 Å². The number of likely N-dealkylation sites (tertiary alicyclic amines) is 1. The average molecular weight is 919 g/mol. The number of nitrogens with two attached hydrogens (primary N) is 1. The van der Waals surface area contributed by atoms with Crippen molar-refractivity contribution in [1.29, 1.82) is 0 Å². The Morgan fingerprint density at radius 1 is 0.618 bits per heavy atom. The van der Waals surface area contributed by atoms with Crippen LogP contribution in [0.4, 0.5) is 22.7 Å². The molecule has 68 heavy (non-hydrogen) atoms. The largest absolute Gasteiger partial charge is 0.497 e. The molecule has 4 aromatic carbocycles. The fourth-order valence-corrected chi connectivity index (χ4v) is 8.46. The van der Waals surface area contributed by atoms with Crippen molar-refractivity contribution >= 4 is 50.7 Å². The van der Waals surface area contributed by atoms with Gasteiger partial charge < -0.3 is 34.5 Å². The molecule has 0 aliphatic carbocycles. The fourth-order valence-electron chi connectivity index (χ4n) is 8.46. The molecule has 1 atom stereocenters. The number of benzene rings is 4. The average Bonchev–Trinajstić information content (AvgIpc) is 4.02. The molecule has 17 nitrogen and oxygen atoms in total. The van der Waals surface area contributed by atoms with Gasteiger partial charge in [-0.05, 0) is 62.2 Å². The number of carbonyl (C=O) groups is 1. The summed E-state index contributed by atoms with van der Waals surface area (Å²) in [5.41, 5.74) is 16.3. The molecule has 1 saturated heterocycles. The molecular weight excluding hydrogens is 861 g/mol. The number of amides is 1. The van der Waals surface area contributed by atoms with Gasteiger partial charge in [-0.3, -0.25) is 29.0 Å². The molecular formula is C51H58N12O5. The molecule has 17 heteroatoms. The molecule has 1 amide bonds. The Bertz CT molecular complexity index is 2960. The van der Waals surface area contributed by atoms with E-state index >= 15 is 0 Å². The Morgan fingerprint density at radius 3 is 1.50 bits per heavy atom. The monoisotopic (exact) mass is 918 g/mol. The van der Waals surface area contributed by atoms with Gasteiger partial charge in [0.05, 0.1) is 92.7 Å². The smallest absolute Gasteiger partial charge is 0.234 e. The summed E-state index contributed by atoms with van der Waals surface area (Å²) in [7, 11) is 10.4. The van der Waals surface area contributed by atoms with Gasteiger partial charge in [-0.15, -0.1) is 0 Å².